The quantitative estimate of drug-likeness (QED) is 0.925. The predicted molar refractivity (Wildman–Crippen MR) is 85.8 cm³/mol. The molecule has 0 bridgehead atoms. The Bertz CT molecular complexity index is 463. The molecular formula is C17H27N3O. The van der Waals surface area contributed by atoms with Crippen molar-refractivity contribution in [1.82, 2.24) is 9.88 Å². The summed E-state index contributed by atoms with van der Waals surface area (Å²) in [6, 6.07) is 6.37. The SMILES string of the molecule is CN1CCC(c2cccc(NCC3(C)CCCO3)n2)CC1. The highest BCUT2D eigenvalue weighted by Gasteiger charge is 2.29. The largest absolute Gasteiger partial charge is 0.373 e. The Kier molecular flexibility index (Phi) is 4.45. The van der Waals surface area contributed by atoms with Gasteiger partial charge in [0.15, 0.2) is 0 Å². The lowest BCUT2D eigenvalue weighted by Gasteiger charge is -2.29. The minimum Gasteiger partial charge on any atom is -0.373 e. The average Bonchev–Trinajstić information content (AvgIpc) is 2.94. The molecule has 116 valence electrons. The summed E-state index contributed by atoms with van der Waals surface area (Å²) in [7, 11) is 2.20. The van der Waals surface area contributed by atoms with Gasteiger partial charge in [0.25, 0.3) is 0 Å². The van der Waals surface area contributed by atoms with Gasteiger partial charge in [0.2, 0.25) is 0 Å². The maximum Gasteiger partial charge on any atom is 0.126 e. The summed E-state index contributed by atoms with van der Waals surface area (Å²) in [5.74, 6) is 1.60. The smallest absolute Gasteiger partial charge is 0.126 e. The molecule has 4 nitrogen and oxygen atoms in total. The maximum atomic E-state index is 5.82. The molecule has 3 heterocycles. The number of nitrogens with zero attached hydrogens (tertiary/aromatic N) is 2. The summed E-state index contributed by atoms with van der Waals surface area (Å²) in [4.78, 5) is 7.23. The van der Waals surface area contributed by atoms with Crippen LogP contribution in [-0.2, 0) is 4.74 Å². The van der Waals surface area contributed by atoms with E-state index >= 15 is 0 Å². The Hall–Kier alpha value is -1.13. The number of aromatic nitrogens is 1. The third kappa shape index (κ3) is 3.74. The van der Waals surface area contributed by atoms with Crippen LogP contribution in [0.4, 0.5) is 5.82 Å². The lowest BCUT2D eigenvalue weighted by molar-refractivity contribution is 0.0314. The maximum absolute atomic E-state index is 5.82. The first kappa shape index (κ1) is 14.8. The molecule has 1 atom stereocenters. The molecule has 0 saturated carbocycles. The second kappa shape index (κ2) is 6.32. The van der Waals surface area contributed by atoms with Gasteiger partial charge in [0.1, 0.15) is 5.82 Å². The van der Waals surface area contributed by atoms with Gasteiger partial charge in [-0.2, -0.15) is 0 Å². The minimum absolute atomic E-state index is 0.0226. The topological polar surface area (TPSA) is 37.4 Å². The van der Waals surface area contributed by atoms with Crippen molar-refractivity contribution >= 4 is 5.82 Å². The van der Waals surface area contributed by atoms with E-state index in [2.05, 4.69) is 42.4 Å². The molecule has 0 amide bonds. The van der Waals surface area contributed by atoms with Crippen LogP contribution in [0.2, 0.25) is 0 Å². The summed E-state index contributed by atoms with van der Waals surface area (Å²) in [5.41, 5.74) is 1.22. The zero-order valence-corrected chi connectivity index (χ0v) is 13.3. The van der Waals surface area contributed by atoms with Gasteiger partial charge in [-0.25, -0.2) is 4.98 Å². The highest BCUT2D eigenvalue weighted by Crippen LogP contribution is 2.28. The highest BCUT2D eigenvalue weighted by atomic mass is 16.5. The number of hydrogen-bond acceptors (Lipinski definition) is 4. The van der Waals surface area contributed by atoms with Crippen LogP contribution < -0.4 is 5.32 Å². The fourth-order valence-corrected chi connectivity index (χ4v) is 3.34. The number of anilines is 1. The van der Waals surface area contributed by atoms with Gasteiger partial charge in [-0.05, 0) is 64.9 Å². The van der Waals surface area contributed by atoms with Crippen LogP contribution in [-0.4, -0.2) is 48.8 Å². The molecular weight excluding hydrogens is 262 g/mol. The Balaban J connectivity index is 1.60. The van der Waals surface area contributed by atoms with E-state index in [4.69, 9.17) is 9.72 Å². The van der Waals surface area contributed by atoms with Crippen molar-refractivity contribution in [3.05, 3.63) is 23.9 Å². The van der Waals surface area contributed by atoms with Crippen molar-refractivity contribution in [2.75, 3.05) is 38.6 Å². The van der Waals surface area contributed by atoms with Crippen LogP contribution in [0.1, 0.15) is 44.2 Å². The molecule has 3 rings (SSSR count). The molecule has 2 aliphatic heterocycles. The van der Waals surface area contributed by atoms with E-state index < -0.39 is 0 Å². The summed E-state index contributed by atoms with van der Waals surface area (Å²) < 4.78 is 5.82. The van der Waals surface area contributed by atoms with Crippen molar-refractivity contribution in [2.45, 2.75) is 44.1 Å². The first-order chi connectivity index (χ1) is 10.1. The Morgan fingerprint density at radius 2 is 2.19 bits per heavy atom. The summed E-state index contributed by atoms with van der Waals surface area (Å²) in [5, 5.41) is 3.47. The third-order valence-corrected chi connectivity index (χ3v) is 4.85. The molecule has 2 saturated heterocycles. The molecule has 1 aromatic rings. The standard InChI is InChI=1S/C17H27N3O/c1-17(9-4-12-21-17)13-18-16-6-3-5-15(19-16)14-7-10-20(2)11-8-14/h3,5-6,14H,4,7-13H2,1-2H3,(H,18,19). The van der Waals surface area contributed by atoms with Gasteiger partial charge in [0.05, 0.1) is 5.60 Å². The first-order valence-electron chi connectivity index (χ1n) is 8.18. The van der Waals surface area contributed by atoms with Crippen LogP contribution >= 0.6 is 0 Å². The molecule has 1 aromatic heterocycles. The molecule has 2 aliphatic rings. The molecule has 2 fully saturated rings. The van der Waals surface area contributed by atoms with E-state index in [1.165, 1.54) is 38.0 Å². The predicted octanol–water partition coefficient (Wildman–Crippen LogP) is 2.87. The van der Waals surface area contributed by atoms with Gasteiger partial charge in [-0.15, -0.1) is 0 Å². The molecule has 21 heavy (non-hydrogen) atoms. The second-order valence-electron chi connectivity index (χ2n) is 6.78. The highest BCUT2D eigenvalue weighted by molar-refractivity contribution is 5.36. The summed E-state index contributed by atoms with van der Waals surface area (Å²) >= 11 is 0. The molecule has 1 N–H and O–H groups in total. The van der Waals surface area contributed by atoms with E-state index in [0.717, 1.165) is 25.4 Å². The Morgan fingerprint density at radius 3 is 2.90 bits per heavy atom. The zero-order chi connectivity index (χ0) is 14.7. The molecule has 4 heteroatoms. The molecule has 0 radical (unpaired) electrons. The number of pyridine rings is 1. The number of rotatable bonds is 4. The van der Waals surface area contributed by atoms with E-state index in [1.54, 1.807) is 0 Å². The number of piperidine rings is 1. The Morgan fingerprint density at radius 1 is 1.38 bits per heavy atom. The summed E-state index contributed by atoms with van der Waals surface area (Å²) in [6.07, 6.45) is 4.73. The first-order valence-corrected chi connectivity index (χ1v) is 8.18. The summed E-state index contributed by atoms with van der Waals surface area (Å²) in [6.45, 7) is 6.28. The zero-order valence-electron chi connectivity index (χ0n) is 13.3. The lowest BCUT2D eigenvalue weighted by atomic mass is 9.93. The fraction of sp³-hybridized carbons (Fsp3) is 0.706. The number of likely N-dealkylation sites (tertiary alicyclic amines) is 1. The van der Waals surface area contributed by atoms with Crippen molar-refractivity contribution in [1.29, 1.82) is 0 Å². The van der Waals surface area contributed by atoms with E-state index in [9.17, 15) is 0 Å². The third-order valence-electron chi connectivity index (χ3n) is 4.85. The van der Waals surface area contributed by atoms with Crippen LogP contribution in [0.25, 0.3) is 0 Å². The lowest BCUT2D eigenvalue weighted by Crippen LogP contribution is -2.33. The molecule has 0 spiro atoms. The van der Waals surface area contributed by atoms with Crippen molar-refractivity contribution in [3.8, 4) is 0 Å². The van der Waals surface area contributed by atoms with Crippen LogP contribution in [0, 0.1) is 0 Å². The molecule has 0 aromatic carbocycles. The van der Waals surface area contributed by atoms with Gasteiger partial charge < -0.3 is 15.0 Å². The molecule has 1 unspecified atom stereocenters. The minimum atomic E-state index is -0.0226. The van der Waals surface area contributed by atoms with Gasteiger partial charge in [0, 0.05) is 24.8 Å². The van der Waals surface area contributed by atoms with Crippen LogP contribution in [0.3, 0.4) is 0 Å². The van der Waals surface area contributed by atoms with Crippen molar-refractivity contribution < 1.29 is 4.74 Å². The number of ether oxygens (including phenoxy) is 1. The normalized spacial score (nSPS) is 27.9. The van der Waals surface area contributed by atoms with Crippen LogP contribution in [0.5, 0.6) is 0 Å². The van der Waals surface area contributed by atoms with Gasteiger partial charge in [-0.3, -0.25) is 0 Å². The second-order valence-corrected chi connectivity index (χ2v) is 6.78. The van der Waals surface area contributed by atoms with E-state index in [0.29, 0.717) is 5.92 Å². The fourth-order valence-electron chi connectivity index (χ4n) is 3.34. The molecule has 0 aliphatic carbocycles. The van der Waals surface area contributed by atoms with Crippen molar-refractivity contribution in [3.63, 3.8) is 0 Å². The van der Waals surface area contributed by atoms with Gasteiger partial charge in [-0.1, -0.05) is 6.07 Å². The van der Waals surface area contributed by atoms with E-state index in [-0.39, 0.29) is 5.60 Å². The average molecular weight is 289 g/mol. The van der Waals surface area contributed by atoms with Crippen molar-refractivity contribution in [2.24, 2.45) is 0 Å². The number of nitrogens with one attached hydrogen (secondary N) is 1. The number of hydrogen-bond donors (Lipinski definition) is 1. The van der Waals surface area contributed by atoms with Crippen LogP contribution in [0.15, 0.2) is 18.2 Å². The Labute approximate surface area is 127 Å². The van der Waals surface area contributed by atoms with E-state index in [1.807, 2.05) is 0 Å². The van der Waals surface area contributed by atoms with Gasteiger partial charge >= 0.3 is 0 Å². The monoisotopic (exact) mass is 289 g/mol.